The van der Waals surface area contributed by atoms with E-state index in [0.29, 0.717) is 5.92 Å². The summed E-state index contributed by atoms with van der Waals surface area (Å²) in [5.41, 5.74) is 0.951. The molecule has 1 aliphatic heterocycles. The molecule has 19 heavy (non-hydrogen) atoms. The van der Waals surface area contributed by atoms with E-state index in [0.717, 1.165) is 42.5 Å². The van der Waals surface area contributed by atoms with Crippen LogP contribution < -0.4 is 0 Å². The van der Waals surface area contributed by atoms with Crippen molar-refractivity contribution in [2.75, 3.05) is 19.6 Å². The summed E-state index contributed by atoms with van der Waals surface area (Å²) in [6.45, 7) is 4.80. The van der Waals surface area contributed by atoms with Gasteiger partial charge in [0.1, 0.15) is 0 Å². The minimum Gasteiger partial charge on any atom is -0.393 e. The van der Waals surface area contributed by atoms with Crippen LogP contribution in [0.2, 0.25) is 0 Å². The van der Waals surface area contributed by atoms with Crippen molar-refractivity contribution in [3.05, 3.63) is 34.3 Å². The number of benzene rings is 1. The summed E-state index contributed by atoms with van der Waals surface area (Å²) in [6.07, 6.45) is 0.972. The zero-order valence-electron chi connectivity index (χ0n) is 11.3. The van der Waals surface area contributed by atoms with E-state index in [9.17, 15) is 10.2 Å². The minimum absolute atomic E-state index is 0.163. The van der Waals surface area contributed by atoms with Crippen molar-refractivity contribution in [2.24, 2.45) is 5.92 Å². The molecule has 0 aromatic heterocycles. The van der Waals surface area contributed by atoms with Crippen molar-refractivity contribution in [1.29, 1.82) is 0 Å². The van der Waals surface area contributed by atoms with E-state index in [2.05, 4.69) is 27.8 Å². The summed E-state index contributed by atoms with van der Waals surface area (Å²) in [4.78, 5) is 2.33. The Morgan fingerprint density at radius 1 is 1.42 bits per heavy atom. The SMILES string of the molecule is CC1CN(CCC(O)c2ccccc2Br)CCC1O. The van der Waals surface area contributed by atoms with Crippen molar-refractivity contribution in [1.82, 2.24) is 4.90 Å². The number of piperidine rings is 1. The second kappa shape index (κ2) is 6.84. The van der Waals surface area contributed by atoms with Crippen molar-refractivity contribution in [3.8, 4) is 0 Å². The highest BCUT2D eigenvalue weighted by Crippen LogP contribution is 2.26. The topological polar surface area (TPSA) is 43.7 Å². The Morgan fingerprint density at radius 2 is 2.16 bits per heavy atom. The van der Waals surface area contributed by atoms with E-state index in [1.54, 1.807) is 0 Å². The predicted octanol–water partition coefficient (Wildman–Crippen LogP) is 2.58. The summed E-state index contributed by atoms with van der Waals surface area (Å²) in [6, 6.07) is 7.81. The van der Waals surface area contributed by atoms with Gasteiger partial charge in [-0.25, -0.2) is 0 Å². The summed E-state index contributed by atoms with van der Waals surface area (Å²) >= 11 is 3.47. The first-order valence-electron chi connectivity index (χ1n) is 6.91. The summed E-state index contributed by atoms with van der Waals surface area (Å²) in [5, 5.41) is 19.9. The number of nitrogens with zero attached hydrogens (tertiary/aromatic N) is 1. The third-order valence-corrected chi connectivity index (χ3v) is 4.65. The van der Waals surface area contributed by atoms with Crippen LogP contribution in [0.1, 0.15) is 31.4 Å². The lowest BCUT2D eigenvalue weighted by molar-refractivity contribution is 0.0287. The van der Waals surface area contributed by atoms with Gasteiger partial charge in [-0.15, -0.1) is 0 Å². The molecule has 1 aliphatic rings. The third-order valence-electron chi connectivity index (χ3n) is 3.93. The molecule has 1 aromatic carbocycles. The summed E-state index contributed by atoms with van der Waals surface area (Å²) in [7, 11) is 0. The number of hydrogen-bond donors (Lipinski definition) is 2. The van der Waals surface area contributed by atoms with E-state index in [1.807, 2.05) is 24.3 Å². The maximum Gasteiger partial charge on any atom is 0.0813 e. The molecule has 0 radical (unpaired) electrons. The van der Waals surface area contributed by atoms with Crippen LogP contribution in [0.4, 0.5) is 0 Å². The molecule has 3 atom stereocenters. The van der Waals surface area contributed by atoms with E-state index < -0.39 is 6.10 Å². The lowest BCUT2D eigenvalue weighted by Crippen LogP contribution is -2.42. The van der Waals surface area contributed by atoms with Gasteiger partial charge in [0.05, 0.1) is 12.2 Å². The summed E-state index contributed by atoms with van der Waals surface area (Å²) < 4.78 is 0.963. The fourth-order valence-corrected chi connectivity index (χ4v) is 3.18. The van der Waals surface area contributed by atoms with Crippen LogP contribution in [-0.4, -0.2) is 40.9 Å². The maximum atomic E-state index is 10.2. The third kappa shape index (κ3) is 4.02. The fraction of sp³-hybridized carbons (Fsp3) is 0.600. The van der Waals surface area contributed by atoms with Crippen LogP contribution in [-0.2, 0) is 0 Å². The molecule has 1 aromatic rings. The molecule has 3 unspecified atom stereocenters. The van der Waals surface area contributed by atoms with Crippen molar-refractivity contribution >= 4 is 15.9 Å². The lowest BCUT2D eigenvalue weighted by atomic mass is 9.96. The molecular formula is C15H22BrNO2. The molecule has 106 valence electrons. The average molecular weight is 328 g/mol. The quantitative estimate of drug-likeness (QED) is 0.893. The van der Waals surface area contributed by atoms with Gasteiger partial charge in [-0.3, -0.25) is 0 Å². The predicted molar refractivity (Wildman–Crippen MR) is 79.9 cm³/mol. The Hall–Kier alpha value is -0.420. The lowest BCUT2D eigenvalue weighted by Gasteiger charge is -2.34. The first-order valence-corrected chi connectivity index (χ1v) is 7.70. The fourth-order valence-electron chi connectivity index (χ4n) is 2.63. The van der Waals surface area contributed by atoms with E-state index in [-0.39, 0.29) is 6.10 Å². The average Bonchev–Trinajstić information content (AvgIpc) is 2.40. The van der Waals surface area contributed by atoms with E-state index in [4.69, 9.17) is 0 Å². The molecular weight excluding hydrogens is 306 g/mol. The Bertz CT molecular complexity index is 413. The Labute approximate surface area is 123 Å². The molecule has 0 aliphatic carbocycles. The van der Waals surface area contributed by atoms with Gasteiger partial charge in [0.2, 0.25) is 0 Å². The van der Waals surface area contributed by atoms with Crippen LogP contribution >= 0.6 is 15.9 Å². The molecule has 2 rings (SSSR count). The Morgan fingerprint density at radius 3 is 2.84 bits per heavy atom. The van der Waals surface area contributed by atoms with Gasteiger partial charge < -0.3 is 15.1 Å². The van der Waals surface area contributed by atoms with Gasteiger partial charge in [-0.2, -0.15) is 0 Å². The van der Waals surface area contributed by atoms with Crippen LogP contribution in [0.25, 0.3) is 0 Å². The largest absolute Gasteiger partial charge is 0.393 e. The minimum atomic E-state index is -0.433. The second-order valence-electron chi connectivity index (χ2n) is 5.46. The molecule has 0 spiro atoms. The van der Waals surface area contributed by atoms with Crippen molar-refractivity contribution in [2.45, 2.75) is 32.0 Å². The molecule has 0 bridgehead atoms. The molecule has 0 amide bonds. The number of aliphatic hydroxyl groups is 2. The van der Waals surface area contributed by atoms with E-state index >= 15 is 0 Å². The zero-order valence-corrected chi connectivity index (χ0v) is 12.9. The van der Waals surface area contributed by atoms with Crippen LogP contribution in [0.3, 0.4) is 0 Å². The van der Waals surface area contributed by atoms with Crippen LogP contribution in [0.5, 0.6) is 0 Å². The molecule has 2 N–H and O–H groups in total. The highest BCUT2D eigenvalue weighted by Gasteiger charge is 2.24. The van der Waals surface area contributed by atoms with Gasteiger partial charge in [-0.05, 0) is 30.4 Å². The number of rotatable bonds is 4. The molecule has 1 saturated heterocycles. The number of aliphatic hydroxyl groups excluding tert-OH is 2. The molecule has 3 nitrogen and oxygen atoms in total. The summed E-state index contributed by atoms with van der Waals surface area (Å²) in [5.74, 6) is 0.328. The smallest absolute Gasteiger partial charge is 0.0813 e. The standard InChI is InChI=1S/C15H22BrNO2/c1-11-10-17(8-6-14(11)18)9-7-15(19)12-4-2-3-5-13(12)16/h2-5,11,14-15,18-19H,6-10H2,1H3. The van der Waals surface area contributed by atoms with Crippen LogP contribution in [0, 0.1) is 5.92 Å². The van der Waals surface area contributed by atoms with Crippen molar-refractivity contribution in [3.63, 3.8) is 0 Å². The molecule has 1 fully saturated rings. The van der Waals surface area contributed by atoms with Gasteiger partial charge in [0.15, 0.2) is 0 Å². The maximum absolute atomic E-state index is 10.2. The van der Waals surface area contributed by atoms with Gasteiger partial charge in [0, 0.05) is 24.1 Å². The van der Waals surface area contributed by atoms with Gasteiger partial charge in [-0.1, -0.05) is 41.1 Å². The first-order chi connectivity index (χ1) is 9.08. The van der Waals surface area contributed by atoms with Crippen LogP contribution in [0.15, 0.2) is 28.7 Å². The highest BCUT2D eigenvalue weighted by molar-refractivity contribution is 9.10. The number of likely N-dealkylation sites (tertiary alicyclic amines) is 1. The molecule has 1 heterocycles. The Kier molecular flexibility index (Phi) is 5.39. The monoisotopic (exact) mass is 327 g/mol. The zero-order chi connectivity index (χ0) is 13.8. The van der Waals surface area contributed by atoms with Gasteiger partial charge >= 0.3 is 0 Å². The second-order valence-corrected chi connectivity index (χ2v) is 6.31. The highest BCUT2D eigenvalue weighted by atomic mass is 79.9. The van der Waals surface area contributed by atoms with Crippen molar-refractivity contribution < 1.29 is 10.2 Å². The molecule has 0 saturated carbocycles. The number of halogens is 1. The molecule has 4 heteroatoms. The normalized spacial score (nSPS) is 26.3. The number of hydrogen-bond acceptors (Lipinski definition) is 3. The van der Waals surface area contributed by atoms with Gasteiger partial charge in [0.25, 0.3) is 0 Å². The Balaban J connectivity index is 1.84. The van der Waals surface area contributed by atoms with E-state index in [1.165, 1.54) is 0 Å². The first kappa shape index (κ1) is 15.0.